The maximum atomic E-state index is 12.6. The van der Waals surface area contributed by atoms with E-state index in [0.717, 1.165) is 77.0 Å². The number of carbonyl (C=O) groups excluding carboxylic acids is 1. The smallest absolute Gasteiger partial charge is 0.472 e. The van der Waals surface area contributed by atoms with Gasteiger partial charge in [0, 0.05) is 13.0 Å². The van der Waals surface area contributed by atoms with E-state index in [1.54, 1.807) is 0 Å². The Morgan fingerprint density at radius 3 is 1.62 bits per heavy atom. The first-order valence-corrected chi connectivity index (χ1v) is 22.2. The van der Waals surface area contributed by atoms with E-state index in [1.807, 2.05) is 0 Å². The van der Waals surface area contributed by atoms with Gasteiger partial charge in [-0.05, 0) is 70.6 Å². The van der Waals surface area contributed by atoms with Crippen LogP contribution >= 0.6 is 7.82 Å². The summed E-state index contributed by atoms with van der Waals surface area (Å²) < 4.78 is 33.2. The average Bonchev–Trinajstić information content (AvgIpc) is 3.13. The molecule has 11 heteroatoms. The summed E-state index contributed by atoms with van der Waals surface area (Å²) in [5.74, 6) is -1.80. The number of rotatable bonds is 39. The highest BCUT2D eigenvalue weighted by molar-refractivity contribution is 7.47. The minimum Gasteiger partial charge on any atom is -0.480 e. The van der Waals surface area contributed by atoms with Gasteiger partial charge >= 0.3 is 19.8 Å². The summed E-state index contributed by atoms with van der Waals surface area (Å²) in [4.78, 5) is 33.4. The largest absolute Gasteiger partial charge is 0.480 e. The lowest BCUT2D eigenvalue weighted by Crippen LogP contribution is -2.34. The van der Waals surface area contributed by atoms with E-state index < -0.39 is 45.1 Å². The van der Waals surface area contributed by atoms with Gasteiger partial charge in [0.1, 0.15) is 12.1 Å². The predicted octanol–water partition coefficient (Wildman–Crippen LogP) is 11.1. The Bertz CT molecular complexity index is 1030. The Hall–Kier alpha value is -2.07. The quantitative estimate of drug-likeness (QED) is 0.0238. The van der Waals surface area contributed by atoms with Crippen LogP contribution in [0, 0.1) is 0 Å². The normalized spacial score (nSPS) is 14.5. The predicted molar refractivity (Wildman–Crippen MR) is 217 cm³/mol. The fraction of sp³-hybridized carbons (Fsp3) is 0.762. The lowest BCUT2D eigenvalue weighted by atomic mass is 10.1. The molecule has 308 valence electrons. The molecule has 0 saturated carbocycles. The van der Waals surface area contributed by atoms with Crippen LogP contribution in [0.15, 0.2) is 48.6 Å². The Morgan fingerprint density at radius 2 is 1.06 bits per heavy atom. The SMILES string of the molecule is CCCC/C=C\CCCCCCCC(=O)OC(COCCCCCCCCC/C=C\C/C=C\C/C=C\CCCCC)COP(=O)(O)OCC(N)C(=O)O. The molecular formula is C42H76NO9P. The van der Waals surface area contributed by atoms with Crippen molar-refractivity contribution in [3.63, 3.8) is 0 Å². The first kappa shape index (κ1) is 50.9. The van der Waals surface area contributed by atoms with E-state index >= 15 is 0 Å². The summed E-state index contributed by atoms with van der Waals surface area (Å²) in [5, 5.41) is 8.87. The first-order valence-electron chi connectivity index (χ1n) is 20.7. The monoisotopic (exact) mass is 770 g/mol. The second-order valence-corrected chi connectivity index (χ2v) is 15.2. The Kier molecular flexibility index (Phi) is 36.7. The van der Waals surface area contributed by atoms with Gasteiger partial charge in [0.05, 0.1) is 19.8 Å². The fourth-order valence-electron chi connectivity index (χ4n) is 5.30. The second kappa shape index (κ2) is 38.2. The fourth-order valence-corrected chi connectivity index (χ4v) is 6.07. The molecule has 0 amide bonds. The Labute approximate surface area is 322 Å². The number of hydrogen-bond donors (Lipinski definition) is 3. The third-order valence-corrected chi connectivity index (χ3v) is 9.53. The molecule has 53 heavy (non-hydrogen) atoms. The number of phosphoric ester groups is 1. The lowest BCUT2D eigenvalue weighted by Gasteiger charge is -2.20. The second-order valence-electron chi connectivity index (χ2n) is 13.8. The molecular weight excluding hydrogens is 693 g/mol. The van der Waals surface area contributed by atoms with Gasteiger partial charge in [-0.25, -0.2) is 4.57 Å². The summed E-state index contributed by atoms with van der Waals surface area (Å²) >= 11 is 0. The van der Waals surface area contributed by atoms with Gasteiger partial charge in [0.2, 0.25) is 0 Å². The molecule has 0 fully saturated rings. The molecule has 0 spiro atoms. The van der Waals surface area contributed by atoms with Crippen molar-refractivity contribution in [2.24, 2.45) is 5.73 Å². The van der Waals surface area contributed by atoms with Crippen LogP contribution in [0.4, 0.5) is 0 Å². The van der Waals surface area contributed by atoms with E-state index in [1.165, 1.54) is 64.2 Å². The van der Waals surface area contributed by atoms with Crippen molar-refractivity contribution in [2.75, 3.05) is 26.4 Å². The van der Waals surface area contributed by atoms with E-state index in [9.17, 15) is 19.0 Å². The van der Waals surface area contributed by atoms with Crippen LogP contribution in [0.25, 0.3) is 0 Å². The number of esters is 1. The number of nitrogens with two attached hydrogens (primary N) is 1. The Morgan fingerprint density at radius 1 is 0.604 bits per heavy atom. The maximum absolute atomic E-state index is 12.6. The van der Waals surface area contributed by atoms with Crippen LogP contribution < -0.4 is 5.73 Å². The molecule has 0 aromatic carbocycles. The highest BCUT2D eigenvalue weighted by Crippen LogP contribution is 2.43. The van der Waals surface area contributed by atoms with Crippen molar-refractivity contribution >= 4 is 19.8 Å². The van der Waals surface area contributed by atoms with Crippen LogP contribution in [-0.2, 0) is 32.7 Å². The summed E-state index contributed by atoms with van der Waals surface area (Å²) in [5.41, 5.74) is 5.34. The number of carboxylic acids is 1. The highest BCUT2D eigenvalue weighted by Gasteiger charge is 2.27. The van der Waals surface area contributed by atoms with Gasteiger partial charge in [-0.15, -0.1) is 0 Å². The third kappa shape index (κ3) is 38.0. The van der Waals surface area contributed by atoms with Gasteiger partial charge in [-0.1, -0.05) is 140 Å². The van der Waals surface area contributed by atoms with Gasteiger partial charge in [-0.3, -0.25) is 18.6 Å². The Balaban J connectivity index is 4.24. The van der Waals surface area contributed by atoms with Gasteiger partial charge < -0.3 is 25.2 Å². The third-order valence-electron chi connectivity index (χ3n) is 8.58. The van der Waals surface area contributed by atoms with Crippen molar-refractivity contribution < 1.29 is 42.7 Å². The molecule has 0 aliphatic heterocycles. The standard InChI is InChI=1S/C42H76NO9P/c1-3-5-7-9-11-13-15-16-17-18-19-20-21-22-23-25-27-29-31-33-35-49-36-39(37-50-53(47,48)51-38-40(43)42(45)46)52-41(44)34-32-30-28-26-24-14-12-10-8-6-4-2/h10-13,16-17,19-20,39-40H,3-9,14-15,18,21-38,43H2,1-2H3,(H,45,46)(H,47,48)/b12-10-,13-11-,17-16-,20-19-. The molecule has 0 aromatic rings. The van der Waals surface area contributed by atoms with Gasteiger partial charge in [0.25, 0.3) is 0 Å². The van der Waals surface area contributed by atoms with E-state index in [2.05, 4.69) is 62.5 Å². The van der Waals surface area contributed by atoms with E-state index in [0.29, 0.717) is 13.0 Å². The van der Waals surface area contributed by atoms with Crippen LogP contribution in [0.1, 0.15) is 168 Å². The molecule has 0 radical (unpaired) electrons. The number of ether oxygens (including phenoxy) is 2. The van der Waals surface area contributed by atoms with Crippen molar-refractivity contribution in [1.82, 2.24) is 0 Å². The molecule has 4 N–H and O–H groups in total. The lowest BCUT2D eigenvalue weighted by molar-refractivity contribution is -0.154. The highest BCUT2D eigenvalue weighted by atomic mass is 31.2. The zero-order chi connectivity index (χ0) is 39.1. The van der Waals surface area contributed by atoms with Crippen molar-refractivity contribution in [3.05, 3.63) is 48.6 Å². The van der Waals surface area contributed by atoms with Crippen molar-refractivity contribution in [2.45, 2.75) is 180 Å². The molecule has 0 rings (SSSR count). The van der Waals surface area contributed by atoms with Crippen LogP contribution in [0.5, 0.6) is 0 Å². The molecule has 3 atom stereocenters. The number of carbonyl (C=O) groups is 2. The summed E-state index contributed by atoms with van der Waals surface area (Å²) in [7, 11) is -4.62. The van der Waals surface area contributed by atoms with Crippen LogP contribution in [0.2, 0.25) is 0 Å². The number of phosphoric acid groups is 1. The number of allylic oxidation sites excluding steroid dienone is 8. The van der Waals surface area contributed by atoms with E-state index in [4.69, 9.17) is 29.4 Å². The topological polar surface area (TPSA) is 155 Å². The van der Waals surface area contributed by atoms with E-state index in [-0.39, 0.29) is 13.0 Å². The molecule has 10 nitrogen and oxygen atoms in total. The number of unbranched alkanes of at least 4 members (excludes halogenated alkanes) is 17. The van der Waals surface area contributed by atoms with Gasteiger partial charge in [0.15, 0.2) is 0 Å². The first-order chi connectivity index (χ1) is 25.7. The minimum atomic E-state index is -4.62. The zero-order valence-electron chi connectivity index (χ0n) is 33.3. The maximum Gasteiger partial charge on any atom is 0.472 e. The number of aliphatic carboxylic acids is 1. The van der Waals surface area contributed by atoms with Crippen LogP contribution in [0.3, 0.4) is 0 Å². The molecule has 0 bridgehead atoms. The minimum absolute atomic E-state index is 0.00559. The molecule has 0 heterocycles. The van der Waals surface area contributed by atoms with Crippen LogP contribution in [-0.4, -0.2) is 60.5 Å². The van der Waals surface area contributed by atoms with Crippen molar-refractivity contribution in [1.29, 1.82) is 0 Å². The van der Waals surface area contributed by atoms with Crippen molar-refractivity contribution in [3.8, 4) is 0 Å². The summed E-state index contributed by atoms with van der Waals surface area (Å²) in [6.07, 6.45) is 43.1. The molecule has 0 aliphatic carbocycles. The van der Waals surface area contributed by atoms with Gasteiger partial charge in [-0.2, -0.15) is 0 Å². The molecule has 3 unspecified atom stereocenters. The zero-order valence-corrected chi connectivity index (χ0v) is 34.2. The molecule has 0 saturated heterocycles. The summed E-state index contributed by atoms with van der Waals surface area (Å²) in [6.45, 7) is 3.76. The molecule has 0 aromatic heterocycles. The number of carboxylic acid groups (broad SMARTS) is 1. The molecule has 0 aliphatic rings. The number of hydrogen-bond acceptors (Lipinski definition) is 8. The average molecular weight is 770 g/mol. The summed E-state index contributed by atoms with van der Waals surface area (Å²) in [6, 6.07) is -1.48.